The van der Waals surface area contributed by atoms with Crippen LogP contribution in [0.15, 0.2) is 44.7 Å². The highest BCUT2D eigenvalue weighted by Gasteiger charge is 2.29. The van der Waals surface area contributed by atoms with Crippen molar-refractivity contribution in [2.75, 3.05) is 19.3 Å². The summed E-state index contributed by atoms with van der Waals surface area (Å²) in [6.45, 7) is 2.80. The van der Waals surface area contributed by atoms with Gasteiger partial charge >= 0.3 is 5.63 Å². The minimum Gasteiger partial charge on any atom is -0.488 e. The highest BCUT2D eigenvalue weighted by atomic mass is 32.2. The lowest BCUT2D eigenvalue weighted by Crippen LogP contribution is -2.31. The van der Waals surface area contributed by atoms with Crippen LogP contribution in [0.1, 0.15) is 22.5 Å². The average Bonchev–Trinajstić information content (AvgIpc) is 3.01. The Morgan fingerprint density at radius 1 is 1.46 bits per heavy atom. The van der Waals surface area contributed by atoms with Gasteiger partial charge in [0.15, 0.2) is 0 Å². The fourth-order valence-electron chi connectivity index (χ4n) is 2.73. The predicted octanol–water partition coefficient (Wildman–Crippen LogP) is 2.36. The van der Waals surface area contributed by atoms with Crippen molar-refractivity contribution >= 4 is 17.7 Å². The van der Waals surface area contributed by atoms with E-state index in [2.05, 4.69) is 4.98 Å². The summed E-state index contributed by atoms with van der Waals surface area (Å²) >= 11 is 1.45. The minimum absolute atomic E-state index is 0.0395. The largest absolute Gasteiger partial charge is 0.488 e. The van der Waals surface area contributed by atoms with E-state index < -0.39 is 5.63 Å². The van der Waals surface area contributed by atoms with Crippen molar-refractivity contribution in [3.63, 3.8) is 0 Å². The number of likely N-dealkylation sites (tertiary alicyclic amines) is 1. The number of aromatic nitrogens is 1. The molecule has 6 nitrogen and oxygen atoms in total. The van der Waals surface area contributed by atoms with Crippen LogP contribution in [0.25, 0.3) is 0 Å². The zero-order valence-electron chi connectivity index (χ0n) is 13.5. The van der Waals surface area contributed by atoms with Gasteiger partial charge in [0.1, 0.15) is 22.6 Å². The number of aryl methyl sites for hydroxylation is 1. The molecule has 2 aromatic heterocycles. The summed E-state index contributed by atoms with van der Waals surface area (Å²) in [5, 5.41) is 0.725. The third kappa shape index (κ3) is 3.62. The van der Waals surface area contributed by atoms with E-state index in [0.29, 0.717) is 30.2 Å². The Morgan fingerprint density at radius 2 is 2.29 bits per heavy atom. The fraction of sp³-hybridized carbons (Fsp3) is 0.353. The predicted molar refractivity (Wildman–Crippen MR) is 90.7 cm³/mol. The Kier molecular flexibility index (Phi) is 4.89. The molecule has 0 spiro atoms. The lowest BCUT2D eigenvalue weighted by Gasteiger charge is -2.18. The van der Waals surface area contributed by atoms with Gasteiger partial charge in [-0.05, 0) is 25.3 Å². The molecule has 0 aromatic carbocycles. The van der Waals surface area contributed by atoms with Crippen LogP contribution in [-0.2, 0) is 0 Å². The van der Waals surface area contributed by atoms with Gasteiger partial charge in [0, 0.05) is 25.2 Å². The topological polar surface area (TPSA) is 72.6 Å². The molecule has 3 rings (SSSR count). The Labute approximate surface area is 143 Å². The Morgan fingerprint density at radius 3 is 3.04 bits per heavy atom. The van der Waals surface area contributed by atoms with E-state index >= 15 is 0 Å². The average molecular weight is 346 g/mol. The maximum Gasteiger partial charge on any atom is 0.339 e. The summed E-state index contributed by atoms with van der Waals surface area (Å²) in [6, 6.07) is 6.56. The third-order valence-corrected chi connectivity index (χ3v) is 4.51. The highest BCUT2D eigenvalue weighted by molar-refractivity contribution is 7.98. The number of thioether (sulfide) groups is 1. The second-order valence-electron chi connectivity index (χ2n) is 5.56. The van der Waals surface area contributed by atoms with Crippen molar-refractivity contribution in [3.05, 3.63) is 52.2 Å². The second-order valence-corrected chi connectivity index (χ2v) is 6.36. The van der Waals surface area contributed by atoms with Crippen LogP contribution in [-0.4, -0.2) is 41.2 Å². The number of rotatable bonds is 4. The normalized spacial score (nSPS) is 17.1. The number of ether oxygens (including phenoxy) is 1. The van der Waals surface area contributed by atoms with Crippen LogP contribution in [0.5, 0.6) is 5.75 Å². The number of nitrogens with zero attached hydrogens (tertiary/aromatic N) is 2. The molecule has 0 radical (unpaired) electrons. The van der Waals surface area contributed by atoms with Crippen LogP contribution < -0.4 is 10.4 Å². The van der Waals surface area contributed by atoms with Gasteiger partial charge in [-0.3, -0.25) is 4.79 Å². The number of pyridine rings is 1. The van der Waals surface area contributed by atoms with E-state index in [0.717, 1.165) is 11.4 Å². The van der Waals surface area contributed by atoms with Crippen molar-refractivity contribution < 1.29 is 13.9 Å². The molecule has 0 N–H and O–H groups in total. The van der Waals surface area contributed by atoms with Crippen LogP contribution in [0.4, 0.5) is 0 Å². The Hall–Kier alpha value is -2.28. The lowest BCUT2D eigenvalue weighted by molar-refractivity contribution is 0.0768. The van der Waals surface area contributed by atoms with E-state index in [9.17, 15) is 9.59 Å². The zero-order valence-corrected chi connectivity index (χ0v) is 14.3. The summed E-state index contributed by atoms with van der Waals surface area (Å²) in [5.41, 5.74) is 0.178. The first-order chi connectivity index (χ1) is 11.6. The van der Waals surface area contributed by atoms with Crippen LogP contribution in [0, 0.1) is 6.92 Å². The van der Waals surface area contributed by atoms with Crippen LogP contribution in [0.3, 0.4) is 0 Å². The zero-order chi connectivity index (χ0) is 17.1. The highest BCUT2D eigenvalue weighted by Crippen LogP contribution is 2.23. The molecule has 1 saturated heterocycles. The van der Waals surface area contributed by atoms with Gasteiger partial charge in [-0.2, -0.15) is 0 Å². The first kappa shape index (κ1) is 16.6. The molecular formula is C17H18N2O4S. The number of hydrogen-bond donors (Lipinski definition) is 0. The van der Waals surface area contributed by atoms with Gasteiger partial charge in [0.2, 0.25) is 0 Å². The van der Waals surface area contributed by atoms with Crippen LogP contribution in [0.2, 0.25) is 0 Å². The SMILES string of the molecule is CSc1ncccc1C(=O)N1CCC(Oc2cc(C)oc(=O)c2)C1. The quantitative estimate of drug-likeness (QED) is 0.792. The standard InChI is InChI=1S/C17H18N2O4S/c1-11-8-13(9-15(20)22-11)23-12-5-7-19(10-12)17(21)14-4-3-6-18-16(14)24-2/h3-4,6,8-9,12H,5,7,10H2,1-2H3. The molecule has 0 saturated carbocycles. The summed E-state index contributed by atoms with van der Waals surface area (Å²) in [6.07, 6.45) is 4.17. The maximum absolute atomic E-state index is 12.7. The first-order valence-corrected chi connectivity index (χ1v) is 8.86. The van der Waals surface area contributed by atoms with Gasteiger partial charge in [-0.1, -0.05) is 0 Å². The fourth-order valence-corrected chi connectivity index (χ4v) is 3.27. The van der Waals surface area contributed by atoms with E-state index in [1.54, 1.807) is 36.2 Å². The lowest BCUT2D eigenvalue weighted by atomic mass is 10.2. The molecule has 1 atom stereocenters. The van der Waals surface area contributed by atoms with Gasteiger partial charge < -0.3 is 14.1 Å². The van der Waals surface area contributed by atoms with E-state index in [1.807, 2.05) is 6.26 Å². The molecule has 3 heterocycles. The van der Waals surface area contributed by atoms with Gasteiger partial charge in [-0.15, -0.1) is 11.8 Å². The van der Waals surface area contributed by atoms with Gasteiger partial charge in [0.25, 0.3) is 5.91 Å². The summed E-state index contributed by atoms with van der Waals surface area (Å²) in [4.78, 5) is 30.1. The number of amides is 1. The number of carbonyl (C=O) groups is 1. The third-order valence-electron chi connectivity index (χ3n) is 3.80. The maximum atomic E-state index is 12.7. The number of hydrogen-bond acceptors (Lipinski definition) is 6. The molecule has 126 valence electrons. The second kappa shape index (κ2) is 7.09. The van der Waals surface area contributed by atoms with E-state index in [4.69, 9.17) is 9.15 Å². The summed E-state index contributed by atoms with van der Waals surface area (Å²) in [5.74, 6) is 0.944. The van der Waals surface area contributed by atoms with Crippen molar-refractivity contribution in [2.24, 2.45) is 0 Å². The Bertz CT molecular complexity index is 805. The van der Waals surface area contributed by atoms with Gasteiger partial charge in [-0.25, -0.2) is 9.78 Å². The van der Waals surface area contributed by atoms with Crippen molar-refractivity contribution in [1.29, 1.82) is 0 Å². The minimum atomic E-state index is -0.434. The molecule has 1 fully saturated rings. The molecule has 1 unspecified atom stereocenters. The van der Waals surface area contributed by atoms with Crippen LogP contribution >= 0.6 is 11.8 Å². The van der Waals surface area contributed by atoms with Crippen molar-refractivity contribution in [1.82, 2.24) is 9.88 Å². The van der Waals surface area contributed by atoms with E-state index in [-0.39, 0.29) is 12.0 Å². The first-order valence-electron chi connectivity index (χ1n) is 7.63. The molecule has 0 aliphatic carbocycles. The molecule has 2 aromatic rings. The molecule has 1 aliphatic rings. The number of carbonyl (C=O) groups excluding carboxylic acids is 1. The van der Waals surface area contributed by atoms with Crippen molar-refractivity contribution in [2.45, 2.75) is 24.5 Å². The molecule has 24 heavy (non-hydrogen) atoms. The van der Waals surface area contributed by atoms with Gasteiger partial charge in [0.05, 0.1) is 18.2 Å². The smallest absolute Gasteiger partial charge is 0.339 e. The molecule has 7 heteroatoms. The molecule has 1 amide bonds. The Balaban J connectivity index is 1.68. The molecule has 0 bridgehead atoms. The molecule has 1 aliphatic heterocycles. The summed E-state index contributed by atoms with van der Waals surface area (Å²) in [7, 11) is 0. The van der Waals surface area contributed by atoms with E-state index in [1.165, 1.54) is 17.8 Å². The monoisotopic (exact) mass is 346 g/mol. The van der Waals surface area contributed by atoms with Crippen molar-refractivity contribution in [3.8, 4) is 5.75 Å². The molecular weight excluding hydrogens is 328 g/mol. The summed E-state index contributed by atoms with van der Waals surface area (Å²) < 4.78 is 10.8.